The molecule has 0 radical (unpaired) electrons. The highest BCUT2D eigenvalue weighted by Crippen LogP contribution is 2.32. The first-order valence-corrected chi connectivity index (χ1v) is 5.31. The molecule has 1 N–H and O–H groups in total. The summed E-state index contributed by atoms with van der Waals surface area (Å²) in [6.07, 6.45) is -3.09. The molecule has 1 aromatic carbocycles. The van der Waals surface area contributed by atoms with Gasteiger partial charge in [0.25, 0.3) is 0 Å². The summed E-state index contributed by atoms with van der Waals surface area (Å²) >= 11 is 0. The number of carbonyl (C=O) groups is 1. The molecule has 0 saturated carbocycles. The first-order valence-electron chi connectivity index (χ1n) is 5.31. The van der Waals surface area contributed by atoms with Crippen molar-refractivity contribution in [3.63, 3.8) is 0 Å². The van der Waals surface area contributed by atoms with E-state index in [0.717, 1.165) is 18.6 Å². The third kappa shape index (κ3) is 4.09. The number of amides is 1. The minimum Gasteiger partial charge on any atom is -0.326 e. The van der Waals surface area contributed by atoms with E-state index < -0.39 is 11.7 Å². The predicted octanol–water partition coefficient (Wildman–Crippen LogP) is 3.62. The van der Waals surface area contributed by atoms with Gasteiger partial charge in [-0.15, -0.1) is 0 Å². The lowest BCUT2D eigenvalue weighted by atomic mass is 10.0. The van der Waals surface area contributed by atoms with Gasteiger partial charge in [-0.25, -0.2) is 0 Å². The first kappa shape index (κ1) is 13.5. The molecule has 0 unspecified atom stereocenters. The Balaban J connectivity index is 3.14. The van der Waals surface area contributed by atoms with E-state index in [2.05, 4.69) is 5.32 Å². The number of halogens is 3. The van der Waals surface area contributed by atoms with Gasteiger partial charge in [-0.1, -0.05) is 13.3 Å². The molecule has 0 atom stereocenters. The Bertz CT molecular complexity index is 413. The van der Waals surface area contributed by atoms with Crippen LogP contribution in [-0.4, -0.2) is 5.91 Å². The summed E-state index contributed by atoms with van der Waals surface area (Å²) in [5, 5.41) is 2.38. The third-order valence-corrected chi connectivity index (χ3v) is 2.18. The number of nitrogens with one attached hydrogen (secondary N) is 1. The molecular formula is C12H14F3NO. The van der Waals surface area contributed by atoms with Crippen molar-refractivity contribution in [1.29, 1.82) is 0 Å². The van der Waals surface area contributed by atoms with Crippen LogP contribution < -0.4 is 5.32 Å². The number of hydrogen-bond donors (Lipinski definition) is 1. The number of benzene rings is 1. The van der Waals surface area contributed by atoms with Gasteiger partial charge in [0.1, 0.15) is 0 Å². The summed E-state index contributed by atoms with van der Waals surface area (Å²) in [6, 6.07) is 3.63. The lowest BCUT2D eigenvalue weighted by molar-refractivity contribution is -0.137. The lowest BCUT2D eigenvalue weighted by Gasteiger charge is -2.12. The molecule has 0 aromatic heterocycles. The second-order valence-corrected chi connectivity index (χ2v) is 3.85. The zero-order valence-corrected chi connectivity index (χ0v) is 9.69. The molecule has 1 rings (SSSR count). The van der Waals surface area contributed by atoms with Crippen molar-refractivity contribution < 1.29 is 18.0 Å². The van der Waals surface area contributed by atoms with Crippen LogP contribution in [0.25, 0.3) is 0 Å². The zero-order valence-electron chi connectivity index (χ0n) is 9.69. The number of aryl methyl sites for hydroxylation is 1. The molecule has 0 bridgehead atoms. The minimum atomic E-state index is -4.39. The Morgan fingerprint density at radius 3 is 2.41 bits per heavy atom. The maximum atomic E-state index is 12.6. The highest BCUT2D eigenvalue weighted by molar-refractivity contribution is 5.88. The van der Waals surface area contributed by atoms with E-state index in [1.807, 2.05) is 6.92 Å². The molecule has 0 heterocycles. The van der Waals surface area contributed by atoms with Crippen LogP contribution in [0, 0.1) is 0 Å². The van der Waals surface area contributed by atoms with Gasteiger partial charge in [-0.05, 0) is 30.2 Å². The van der Waals surface area contributed by atoms with E-state index in [4.69, 9.17) is 0 Å². The van der Waals surface area contributed by atoms with E-state index in [1.165, 1.54) is 6.92 Å². The quantitative estimate of drug-likeness (QED) is 0.865. The normalized spacial score (nSPS) is 11.4. The Labute approximate surface area is 97.8 Å². The Hall–Kier alpha value is -1.52. The maximum absolute atomic E-state index is 12.6. The Morgan fingerprint density at radius 2 is 1.94 bits per heavy atom. The standard InChI is InChI=1S/C12H14F3NO/c1-3-4-9-5-10(12(13,14)15)7-11(6-9)16-8(2)17/h5-7H,3-4H2,1-2H3,(H,16,17). The summed E-state index contributed by atoms with van der Waals surface area (Å²) in [4.78, 5) is 10.9. The summed E-state index contributed by atoms with van der Waals surface area (Å²) in [6.45, 7) is 3.15. The molecule has 17 heavy (non-hydrogen) atoms. The average molecular weight is 245 g/mol. The fraction of sp³-hybridized carbons (Fsp3) is 0.417. The lowest BCUT2D eigenvalue weighted by Crippen LogP contribution is -2.10. The van der Waals surface area contributed by atoms with Crippen molar-refractivity contribution in [2.75, 3.05) is 5.32 Å². The van der Waals surface area contributed by atoms with Gasteiger partial charge < -0.3 is 5.32 Å². The van der Waals surface area contributed by atoms with Crippen LogP contribution >= 0.6 is 0 Å². The average Bonchev–Trinajstić information content (AvgIpc) is 2.15. The largest absolute Gasteiger partial charge is 0.416 e. The molecule has 0 saturated heterocycles. The number of rotatable bonds is 3. The van der Waals surface area contributed by atoms with Crippen LogP contribution in [0.15, 0.2) is 18.2 Å². The molecule has 0 aliphatic heterocycles. The molecule has 5 heteroatoms. The minimum absolute atomic E-state index is 0.191. The summed E-state index contributed by atoms with van der Waals surface area (Å²) < 4.78 is 37.8. The summed E-state index contributed by atoms with van der Waals surface area (Å²) in [7, 11) is 0. The van der Waals surface area contributed by atoms with Crippen molar-refractivity contribution in [3.05, 3.63) is 29.3 Å². The van der Waals surface area contributed by atoms with Crippen LogP contribution in [0.5, 0.6) is 0 Å². The van der Waals surface area contributed by atoms with Gasteiger partial charge in [0.15, 0.2) is 0 Å². The van der Waals surface area contributed by atoms with Gasteiger partial charge in [-0.2, -0.15) is 13.2 Å². The Kier molecular flexibility index (Phi) is 4.15. The first-order chi connectivity index (χ1) is 7.82. The number of anilines is 1. The van der Waals surface area contributed by atoms with Crippen LogP contribution in [-0.2, 0) is 17.4 Å². The third-order valence-electron chi connectivity index (χ3n) is 2.18. The number of carbonyl (C=O) groups excluding carboxylic acids is 1. The van der Waals surface area contributed by atoms with E-state index in [-0.39, 0.29) is 11.6 Å². The van der Waals surface area contributed by atoms with Crippen LogP contribution in [0.2, 0.25) is 0 Å². The van der Waals surface area contributed by atoms with Gasteiger partial charge in [0, 0.05) is 12.6 Å². The van der Waals surface area contributed by atoms with E-state index in [0.29, 0.717) is 12.0 Å². The molecule has 1 aromatic rings. The van der Waals surface area contributed by atoms with Crippen molar-refractivity contribution in [1.82, 2.24) is 0 Å². The molecule has 0 aliphatic rings. The van der Waals surface area contributed by atoms with Gasteiger partial charge in [0.05, 0.1) is 5.56 Å². The van der Waals surface area contributed by atoms with E-state index in [9.17, 15) is 18.0 Å². The molecule has 0 aliphatic carbocycles. The highest BCUT2D eigenvalue weighted by Gasteiger charge is 2.31. The van der Waals surface area contributed by atoms with Crippen molar-refractivity contribution in [2.24, 2.45) is 0 Å². The van der Waals surface area contributed by atoms with Gasteiger partial charge in [-0.3, -0.25) is 4.79 Å². The zero-order chi connectivity index (χ0) is 13.1. The van der Waals surface area contributed by atoms with Gasteiger partial charge >= 0.3 is 6.18 Å². The second-order valence-electron chi connectivity index (χ2n) is 3.85. The smallest absolute Gasteiger partial charge is 0.326 e. The molecule has 94 valence electrons. The predicted molar refractivity (Wildman–Crippen MR) is 59.7 cm³/mol. The topological polar surface area (TPSA) is 29.1 Å². The summed E-state index contributed by atoms with van der Waals surface area (Å²) in [5.74, 6) is -0.383. The van der Waals surface area contributed by atoms with Crippen LogP contribution in [0.4, 0.5) is 18.9 Å². The van der Waals surface area contributed by atoms with E-state index >= 15 is 0 Å². The van der Waals surface area contributed by atoms with Gasteiger partial charge in [0.2, 0.25) is 5.91 Å². The van der Waals surface area contributed by atoms with Crippen molar-refractivity contribution in [2.45, 2.75) is 32.9 Å². The number of alkyl halides is 3. The number of hydrogen-bond acceptors (Lipinski definition) is 1. The molecule has 2 nitrogen and oxygen atoms in total. The van der Waals surface area contributed by atoms with E-state index in [1.54, 1.807) is 6.07 Å². The van der Waals surface area contributed by atoms with Crippen molar-refractivity contribution in [3.8, 4) is 0 Å². The monoisotopic (exact) mass is 245 g/mol. The maximum Gasteiger partial charge on any atom is 0.416 e. The van der Waals surface area contributed by atoms with Crippen molar-refractivity contribution >= 4 is 11.6 Å². The van der Waals surface area contributed by atoms with Crippen LogP contribution in [0.1, 0.15) is 31.4 Å². The fourth-order valence-corrected chi connectivity index (χ4v) is 1.56. The molecule has 1 amide bonds. The fourth-order valence-electron chi connectivity index (χ4n) is 1.56. The molecule has 0 fully saturated rings. The molecule has 0 spiro atoms. The summed E-state index contributed by atoms with van der Waals surface area (Å²) in [5.41, 5.74) is 0.0362. The highest BCUT2D eigenvalue weighted by atomic mass is 19.4. The SMILES string of the molecule is CCCc1cc(NC(C)=O)cc(C(F)(F)F)c1. The Morgan fingerprint density at radius 1 is 1.29 bits per heavy atom. The molecular weight excluding hydrogens is 231 g/mol. The van der Waals surface area contributed by atoms with Crippen LogP contribution in [0.3, 0.4) is 0 Å². The second kappa shape index (κ2) is 5.21.